The molecule has 0 aromatic heterocycles. The number of benzene rings is 1. The van der Waals surface area contributed by atoms with Crippen molar-refractivity contribution in [3.05, 3.63) is 23.8 Å². The highest BCUT2D eigenvalue weighted by Gasteiger charge is 2.24. The van der Waals surface area contributed by atoms with E-state index in [2.05, 4.69) is 0 Å². The van der Waals surface area contributed by atoms with Crippen molar-refractivity contribution in [3.63, 3.8) is 0 Å². The standard InChI is InChI=1S/C30H47NO10/c1-17(2)10-13-27(32)36-16-20(7)37-28(33)24(31)14-23-11-12-25(40-29(34)38-21(8)18(3)4)26(15-23)41-30(35)39-22(9)19(5)6/h11-12,15,17-22,24H,10,13-14,16,31H2,1-9H3/t20-,21?,22?,24-/m0/s1. The summed E-state index contributed by atoms with van der Waals surface area (Å²) in [5, 5.41) is 0. The van der Waals surface area contributed by atoms with Gasteiger partial charge in [0.1, 0.15) is 31.0 Å². The van der Waals surface area contributed by atoms with Crippen LogP contribution in [0, 0.1) is 17.8 Å². The van der Waals surface area contributed by atoms with Gasteiger partial charge in [-0.05, 0) is 69.1 Å². The molecule has 41 heavy (non-hydrogen) atoms. The van der Waals surface area contributed by atoms with E-state index in [1.54, 1.807) is 26.8 Å². The maximum atomic E-state index is 12.6. The molecule has 1 aromatic rings. The highest BCUT2D eigenvalue weighted by atomic mass is 16.8. The third kappa shape index (κ3) is 14.2. The topological polar surface area (TPSA) is 150 Å². The lowest BCUT2D eigenvalue weighted by Crippen LogP contribution is -2.37. The van der Waals surface area contributed by atoms with Gasteiger partial charge in [-0.2, -0.15) is 0 Å². The zero-order chi connectivity index (χ0) is 31.3. The minimum atomic E-state index is -1.07. The van der Waals surface area contributed by atoms with Crippen LogP contribution < -0.4 is 15.2 Å². The first-order valence-corrected chi connectivity index (χ1v) is 14.1. The van der Waals surface area contributed by atoms with E-state index in [0.29, 0.717) is 24.3 Å². The summed E-state index contributed by atoms with van der Waals surface area (Å²) < 4.78 is 31.7. The lowest BCUT2D eigenvalue weighted by atomic mass is 10.1. The van der Waals surface area contributed by atoms with E-state index in [-0.39, 0.29) is 42.3 Å². The van der Waals surface area contributed by atoms with Crippen LogP contribution in [0.5, 0.6) is 11.5 Å². The molecule has 4 atom stereocenters. The lowest BCUT2D eigenvalue weighted by Gasteiger charge is -2.19. The van der Waals surface area contributed by atoms with E-state index >= 15 is 0 Å². The van der Waals surface area contributed by atoms with E-state index in [1.807, 2.05) is 41.5 Å². The Labute approximate surface area is 243 Å². The molecule has 0 saturated heterocycles. The largest absolute Gasteiger partial charge is 0.514 e. The summed E-state index contributed by atoms with van der Waals surface area (Å²) in [7, 11) is 0. The van der Waals surface area contributed by atoms with Crippen molar-refractivity contribution < 1.29 is 47.6 Å². The van der Waals surface area contributed by atoms with Crippen molar-refractivity contribution in [2.24, 2.45) is 23.5 Å². The Bertz CT molecular complexity index is 1010. The number of carbonyl (C=O) groups excluding carboxylic acids is 4. The van der Waals surface area contributed by atoms with E-state index in [4.69, 9.17) is 34.2 Å². The number of rotatable bonds is 15. The highest BCUT2D eigenvalue weighted by molar-refractivity contribution is 5.76. The second-order valence-electron chi connectivity index (χ2n) is 11.3. The van der Waals surface area contributed by atoms with Crippen LogP contribution in [-0.2, 0) is 35.0 Å². The third-order valence-electron chi connectivity index (χ3n) is 6.32. The zero-order valence-electron chi connectivity index (χ0n) is 25.8. The number of esters is 2. The van der Waals surface area contributed by atoms with E-state index < -0.39 is 42.6 Å². The van der Waals surface area contributed by atoms with Crippen molar-refractivity contribution in [1.29, 1.82) is 0 Å². The molecule has 0 fully saturated rings. The number of ether oxygens (including phenoxy) is 6. The van der Waals surface area contributed by atoms with Crippen molar-refractivity contribution in [3.8, 4) is 11.5 Å². The third-order valence-corrected chi connectivity index (χ3v) is 6.32. The van der Waals surface area contributed by atoms with E-state index in [0.717, 1.165) is 0 Å². The van der Waals surface area contributed by atoms with Crippen LogP contribution in [0.2, 0.25) is 0 Å². The number of hydrogen-bond acceptors (Lipinski definition) is 11. The van der Waals surface area contributed by atoms with Gasteiger partial charge < -0.3 is 34.2 Å². The maximum Gasteiger partial charge on any atom is 0.514 e. The minimum Gasteiger partial charge on any atom is -0.462 e. The molecule has 1 aromatic carbocycles. The molecule has 0 bridgehead atoms. The SMILES string of the molecule is CC(C)CCC(=O)OC[C@H](C)OC(=O)[C@@H](N)Cc1ccc(OC(=O)OC(C)C(C)C)c(OC(=O)OC(C)C(C)C)c1. The number of nitrogens with two attached hydrogens (primary N) is 1. The predicted molar refractivity (Wildman–Crippen MR) is 152 cm³/mol. The first-order chi connectivity index (χ1) is 19.1. The molecule has 0 spiro atoms. The zero-order valence-corrected chi connectivity index (χ0v) is 25.8. The van der Waals surface area contributed by atoms with Crippen LogP contribution in [0.3, 0.4) is 0 Å². The van der Waals surface area contributed by atoms with E-state index in [9.17, 15) is 19.2 Å². The van der Waals surface area contributed by atoms with Crippen LogP contribution in [0.25, 0.3) is 0 Å². The van der Waals surface area contributed by atoms with Gasteiger partial charge in [0.05, 0.1) is 0 Å². The van der Waals surface area contributed by atoms with Crippen LogP contribution in [0.4, 0.5) is 9.59 Å². The fourth-order valence-corrected chi connectivity index (χ4v) is 2.99. The van der Waals surface area contributed by atoms with Crippen molar-refractivity contribution in [1.82, 2.24) is 0 Å². The Balaban J connectivity index is 2.92. The fourth-order valence-electron chi connectivity index (χ4n) is 2.99. The van der Waals surface area contributed by atoms with Gasteiger partial charge in [-0.15, -0.1) is 0 Å². The first-order valence-electron chi connectivity index (χ1n) is 14.1. The van der Waals surface area contributed by atoms with Gasteiger partial charge in [0, 0.05) is 6.42 Å². The fraction of sp³-hybridized carbons (Fsp3) is 0.667. The molecule has 11 nitrogen and oxygen atoms in total. The summed E-state index contributed by atoms with van der Waals surface area (Å²) in [6.45, 7) is 16.5. The van der Waals surface area contributed by atoms with Gasteiger partial charge in [0.25, 0.3) is 0 Å². The van der Waals surface area contributed by atoms with Crippen LogP contribution in [-0.4, -0.2) is 55.2 Å². The van der Waals surface area contributed by atoms with Crippen molar-refractivity contribution in [2.45, 2.75) is 106 Å². The molecule has 0 aliphatic carbocycles. The molecule has 0 aliphatic heterocycles. The summed E-state index contributed by atoms with van der Waals surface area (Å²) in [5.41, 5.74) is 6.57. The van der Waals surface area contributed by atoms with Gasteiger partial charge in [0.15, 0.2) is 11.5 Å². The molecular formula is C30H47NO10. The summed E-state index contributed by atoms with van der Waals surface area (Å²) in [5.74, 6) is -0.757. The smallest absolute Gasteiger partial charge is 0.462 e. The van der Waals surface area contributed by atoms with Gasteiger partial charge in [-0.25, -0.2) is 9.59 Å². The molecule has 2 unspecified atom stereocenters. The first kappa shape index (κ1) is 35.7. The Morgan fingerprint density at radius 1 is 0.756 bits per heavy atom. The maximum absolute atomic E-state index is 12.6. The molecule has 1 rings (SSSR count). The highest BCUT2D eigenvalue weighted by Crippen LogP contribution is 2.30. The van der Waals surface area contributed by atoms with Crippen LogP contribution in [0.1, 0.15) is 80.7 Å². The average molecular weight is 582 g/mol. The summed E-state index contributed by atoms with van der Waals surface area (Å²) in [6, 6.07) is 3.32. The molecule has 0 saturated carbocycles. The quantitative estimate of drug-likeness (QED) is 0.157. The van der Waals surface area contributed by atoms with Gasteiger partial charge >= 0.3 is 24.2 Å². The lowest BCUT2D eigenvalue weighted by molar-refractivity contribution is -0.159. The summed E-state index contributed by atoms with van der Waals surface area (Å²) in [4.78, 5) is 49.1. The molecule has 0 aliphatic rings. The normalized spacial score (nSPS) is 14.2. The predicted octanol–water partition coefficient (Wildman–Crippen LogP) is 5.59. The molecule has 0 radical (unpaired) electrons. The van der Waals surface area contributed by atoms with Crippen molar-refractivity contribution in [2.75, 3.05) is 6.61 Å². The van der Waals surface area contributed by atoms with Crippen LogP contribution >= 0.6 is 0 Å². The van der Waals surface area contributed by atoms with Crippen LogP contribution in [0.15, 0.2) is 18.2 Å². The molecule has 2 N–H and O–H groups in total. The Morgan fingerprint density at radius 2 is 1.29 bits per heavy atom. The molecule has 11 heteroatoms. The van der Waals surface area contributed by atoms with Gasteiger partial charge in [-0.3, -0.25) is 9.59 Å². The summed E-state index contributed by atoms with van der Waals surface area (Å²) >= 11 is 0. The number of carbonyl (C=O) groups is 4. The second kappa shape index (κ2) is 17.5. The minimum absolute atomic E-state index is 0.0165. The monoisotopic (exact) mass is 581 g/mol. The molecule has 0 amide bonds. The van der Waals surface area contributed by atoms with Crippen molar-refractivity contribution >= 4 is 24.2 Å². The molecular weight excluding hydrogens is 534 g/mol. The Morgan fingerprint density at radius 3 is 1.80 bits per heavy atom. The van der Waals surface area contributed by atoms with E-state index in [1.165, 1.54) is 12.1 Å². The Hall–Kier alpha value is -3.34. The van der Waals surface area contributed by atoms with Gasteiger partial charge in [0.2, 0.25) is 0 Å². The second-order valence-corrected chi connectivity index (χ2v) is 11.3. The average Bonchev–Trinajstić information content (AvgIpc) is 2.87. The summed E-state index contributed by atoms with van der Waals surface area (Å²) in [6.07, 6.45) is -2.46. The number of hydrogen-bond donors (Lipinski definition) is 1. The van der Waals surface area contributed by atoms with Gasteiger partial charge in [-0.1, -0.05) is 47.6 Å². The Kier molecular flexibility index (Phi) is 15.2. The molecule has 232 valence electrons. The molecule has 0 heterocycles.